The van der Waals surface area contributed by atoms with Gasteiger partial charge in [-0.2, -0.15) is 0 Å². The molecule has 1 amide bonds. The molecule has 1 atom stereocenters. The molecule has 2 aromatic carbocycles. The van der Waals surface area contributed by atoms with Gasteiger partial charge in [-0.05, 0) is 62.2 Å². The number of thiazole rings is 1. The number of benzene rings is 2. The number of carbonyl (C=O) groups excluding carboxylic acids is 3. The normalized spacial score (nSPS) is 16.7. The number of Topliss-reactive ketones (excluding diaryl/α,β-unsaturated/α-hetero) is 1. The monoisotopic (exact) mass is 522 g/mol. The van der Waals surface area contributed by atoms with E-state index in [4.69, 9.17) is 14.2 Å². The molecule has 37 heavy (non-hydrogen) atoms. The number of aryl methyl sites for hydroxylation is 2. The molecule has 1 aliphatic heterocycles. The lowest BCUT2D eigenvalue weighted by molar-refractivity contribution is -0.132. The third kappa shape index (κ3) is 4.67. The van der Waals surface area contributed by atoms with E-state index in [-0.39, 0.29) is 27.9 Å². The summed E-state index contributed by atoms with van der Waals surface area (Å²) in [6.07, 6.45) is 0. The number of aliphatic hydroxyl groups excluding tert-OH is 1. The minimum atomic E-state index is -1.02. The molecule has 0 aliphatic carbocycles. The summed E-state index contributed by atoms with van der Waals surface area (Å²) in [6, 6.07) is 10.8. The first-order valence-corrected chi connectivity index (χ1v) is 12.3. The third-order valence-electron chi connectivity index (χ3n) is 5.97. The SMILES string of the molecule is CCOC(=O)c1sc(N2C(=O)C(=O)C(=C(O)c3ccc(OC)c(C)c3)[C@@H]2c2cccc(OC)c2)nc1C. The summed E-state index contributed by atoms with van der Waals surface area (Å²) in [5.41, 5.74) is 1.89. The van der Waals surface area contributed by atoms with Crippen molar-refractivity contribution in [3.8, 4) is 11.5 Å². The van der Waals surface area contributed by atoms with Crippen LogP contribution in [0.1, 0.15) is 45.0 Å². The Labute approximate surface area is 217 Å². The van der Waals surface area contributed by atoms with E-state index < -0.39 is 23.7 Å². The van der Waals surface area contributed by atoms with Crippen LogP contribution in [0.5, 0.6) is 11.5 Å². The molecule has 3 aromatic rings. The molecule has 1 saturated heterocycles. The summed E-state index contributed by atoms with van der Waals surface area (Å²) in [5, 5.41) is 11.5. The molecule has 0 spiro atoms. The van der Waals surface area contributed by atoms with E-state index in [1.807, 2.05) is 6.92 Å². The molecule has 2 heterocycles. The Kier molecular flexibility index (Phi) is 7.30. The van der Waals surface area contributed by atoms with Crippen LogP contribution in [0.15, 0.2) is 48.0 Å². The molecule has 10 heteroatoms. The number of methoxy groups -OCH3 is 2. The predicted octanol–water partition coefficient (Wildman–Crippen LogP) is 4.58. The van der Waals surface area contributed by atoms with Crippen LogP contribution < -0.4 is 14.4 Å². The molecule has 1 N–H and O–H groups in total. The molecule has 192 valence electrons. The Morgan fingerprint density at radius 1 is 1.11 bits per heavy atom. The number of esters is 1. The molecule has 9 nitrogen and oxygen atoms in total. The molecule has 0 bridgehead atoms. The second kappa shape index (κ2) is 10.4. The maximum Gasteiger partial charge on any atom is 0.350 e. The number of ketones is 1. The van der Waals surface area contributed by atoms with Gasteiger partial charge in [0.25, 0.3) is 5.78 Å². The minimum absolute atomic E-state index is 0.103. The van der Waals surface area contributed by atoms with E-state index in [1.54, 1.807) is 56.3 Å². The molecule has 0 radical (unpaired) electrons. The smallest absolute Gasteiger partial charge is 0.350 e. The minimum Gasteiger partial charge on any atom is -0.507 e. The number of carbonyl (C=O) groups is 3. The standard InChI is InChI=1S/C27H26N2O7S/c1-6-36-26(33)24-15(3)28-27(37-24)29-21(16-8-7-9-18(13-16)34-4)20(23(31)25(29)32)22(30)17-10-11-19(35-5)14(2)12-17/h7-13,21,30H,6H2,1-5H3/t21-/m0/s1. The lowest BCUT2D eigenvalue weighted by atomic mass is 9.94. The molecule has 1 aromatic heterocycles. The largest absolute Gasteiger partial charge is 0.507 e. The van der Waals surface area contributed by atoms with E-state index in [1.165, 1.54) is 19.1 Å². The Balaban J connectivity index is 1.93. The topological polar surface area (TPSA) is 115 Å². The summed E-state index contributed by atoms with van der Waals surface area (Å²) in [6.45, 7) is 5.31. The number of aliphatic hydroxyl groups is 1. The highest BCUT2D eigenvalue weighted by molar-refractivity contribution is 7.17. The summed E-state index contributed by atoms with van der Waals surface area (Å²) in [7, 11) is 3.04. The van der Waals surface area contributed by atoms with Crippen molar-refractivity contribution in [1.82, 2.24) is 4.98 Å². The summed E-state index contributed by atoms with van der Waals surface area (Å²) >= 11 is 0.951. The van der Waals surface area contributed by atoms with Crippen molar-refractivity contribution in [3.05, 3.63) is 75.3 Å². The van der Waals surface area contributed by atoms with Crippen LogP contribution in [0.3, 0.4) is 0 Å². The number of ether oxygens (including phenoxy) is 3. The first-order chi connectivity index (χ1) is 17.7. The fourth-order valence-electron chi connectivity index (χ4n) is 4.21. The fourth-order valence-corrected chi connectivity index (χ4v) is 5.20. The lowest BCUT2D eigenvalue weighted by Gasteiger charge is -2.23. The quantitative estimate of drug-likeness (QED) is 0.208. The first-order valence-electron chi connectivity index (χ1n) is 11.5. The number of nitrogens with zero attached hydrogens (tertiary/aromatic N) is 2. The summed E-state index contributed by atoms with van der Waals surface area (Å²) in [5.74, 6) is -1.52. The number of amides is 1. The van der Waals surface area contributed by atoms with Crippen molar-refractivity contribution in [1.29, 1.82) is 0 Å². The fraction of sp³-hybridized carbons (Fsp3) is 0.259. The summed E-state index contributed by atoms with van der Waals surface area (Å²) in [4.78, 5) is 45.1. The maximum atomic E-state index is 13.4. The van der Waals surface area contributed by atoms with E-state index in [9.17, 15) is 19.5 Å². The van der Waals surface area contributed by atoms with Gasteiger partial charge in [-0.3, -0.25) is 14.5 Å². The van der Waals surface area contributed by atoms with Gasteiger partial charge in [-0.25, -0.2) is 9.78 Å². The highest BCUT2D eigenvalue weighted by Gasteiger charge is 2.48. The van der Waals surface area contributed by atoms with Crippen LogP contribution in [0.2, 0.25) is 0 Å². The molecule has 0 saturated carbocycles. The zero-order valence-electron chi connectivity index (χ0n) is 21.0. The number of anilines is 1. The second-order valence-corrected chi connectivity index (χ2v) is 9.24. The van der Waals surface area contributed by atoms with Gasteiger partial charge < -0.3 is 19.3 Å². The van der Waals surface area contributed by atoms with Gasteiger partial charge in [0.05, 0.1) is 38.1 Å². The highest BCUT2D eigenvalue weighted by Crippen LogP contribution is 2.44. The van der Waals surface area contributed by atoms with Gasteiger partial charge in [0, 0.05) is 5.56 Å². The van der Waals surface area contributed by atoms with Crippen molar-refractivity contribution < 1.29 is 33.7 Å². The number of rotatable bonds is 7. The van der Waals surface area contributed by atoms with E-state index in [0.29, 0.717) is 28.3 Å². The van der Waals surface area contributed by atoms with Gasteiger partial charge in [-0.1, -0.05) is 23.5 Å². The maximum absolute atomic E-state index is 13.4. The Hall–Kier alpha value is -4.18. The molecule has 0 unspecified atom stereocenters. The second-order valence-electron chi connectivity index (χ2n) is 8.26. The van der Waals surface area contributed by atoms with Gasteiger partial charge in [0.1, 0.15) is 22.1 Å². The van der Waals surface area contributed by atoms with Crippen LogP contribution in [0.25, 0.3) is 5.76 Å². The number of aromatic nitrogens is 1. The van der Waals surface area contributed by atoms with Gasteiger partial charge in [-0.15, -0.1) is 0 Å². The third-order valence-corrected chi connectivity index (χ3v) is 7.11. The molecule has 1 fully saturated rings. The average Bonchev–Trinajstić information content (AvgIpc) is 3.40. The van der Waals surface area contributed by atoms with E-state index >= 15 is 0 Å². The van der Waals surface area contributed by atoms with Crippen LogP contribution in [0, 0.1) is 13.8 Å². The van der Waals surface area contributed by atoms with Crippen LogP contribution >= 0.6 is 11.3 Å². The Bertz CT molecular complexity index is 1430. The highest BCUT2D eigenvalue weighted by atomic mass is 32.1. The van der Waals surface area contributed by atoms with E-state index in [2.05, 4.69) is 4.98 Å². The molecular weight excluding hydrogens is 496 g/mol. The Morgan fingerprint density at radius 2 is 1.86 bits per heavy atom. The Morgan fingerprint density at radius 3 is 2.51 bits per heavy atom. The van der Waals surface area contributed by atoms with Crippen LogP contribution in [0.4, 0.5) is 5.13 Å². The molecule has 1 aliphatic rings. The number of hydrogen-bond donors (Lipinski definition) is 1. The van der Waals surface area contributed by atoms with Crippen molar-refractivity contribution >= 4 is 39.9 Å². The number of hydrogen-bond acceptors (Lipinski definition) is 9. The van der Waals surface area contributed by atoms with Crippen molar-refractivity contribution in [2.24, 2.45) is 0 Å². The zero-order chi connectivity index (χ0) is 26.9. The first kappa shape index (κ1) is 25.9. The molecule has 4 rings (SSSR count). The lowest BCUT2D eigenvalue weighted by Crippen LogP contribution is -2.29. The van der Waals surface area contributed by atoms with E-state index in [0.717, 1.165) is 16.9 Å². The van der Waals surface area contributed by atoms with Gasteiger partial charge in [0.2, 0.25) is 0 Å². The van der Waals surface area contributed by atoms with Crippen LogP contribution in [-0.4, -0.2) is 48.6 Å². The summed E-state index contributed by atoms with van der Waals surface area (Å²) < 4.78 is 15.8. The van der Waals surface area contributed by atoms with Crippen molar-refractivity contribution in [2.45, 2.75) is 26.8 Å². The van der Waals surface area contributed by atoms with Crippen LogP contribution in [-0.2, 0) is 14.3 Å². The predicted molar refractivity (Wildman–Crippen MR) is 138 cm³/mol. The van der Waals surface area contributed by atoms with Crippen molar-refractivity contribution in [3.63, 3.8) is 0 Å². The van der Waals surface area contributed by atoms with Crippen molar-refractivity contribution in [2.75, 3.05) is 25.7 Å². The zero-order valence-corrected chi connectivity index (χ0v) is 21.8. The molecular formula is C27H26N2O7S. The van der Waals surface area contributed by atoms with Gasteiger partial charge in [0.15, 0.2) is 5.13 Å². The van der Waals surface area contributed by atoms with Gasteiger partial charge >= 0.3 is 11.9 Å². The average molecular weight is 523 g/mol.